The minimum atomic E-state index is -0.405. The molecule has 1 aromatic heterocycles. The Bertz CT molecular complexity index is 972. The fraction of sp³-hybridized carbons (Fsp3) is 0.348. The number of pyridine rings is 1. The standard InChI is InChI=1S/C23H25N3O4/c1-25(2)13-17-7-5-6-16-12-18(9-10-20(16)22(17)27)26-14-19(30-23(26)28)15-29-21-8-3-4-11-24-21/h3-4,8-13,19H,5-7,14-15H2,1-2H3/t19-/m1/s1. The number of allylic oxidation sites excluding steroid dienone is 1. The molecule has 1 aromatic carbocycles. The molecule has 30 heavy (non-hydrogen) atoms. The number of benzene rings is 1. The first kappa shape index (κ1) is 19.9. The van der Waals surface area contributed by atoms with Gasteiger partial charge in [-0.2, -0.15) is 0 Å². The Morgan fingerprint density at radius 2 is 2.10 bits per heavy atom. The summed E-state index contributed by atoms with van der Waals surface area (Å²) in [5, 5.41) is 0. The second-order valence-electron chi connectivity index (χ2n) is 7.74. The molecule has 7 nitrogen and oxygen atoms in total. The Morgan fingerprint density at radius 1 is 1.23 bits per heavy atom. The monoisotopic (exact) mass is 407 g/mol. The number of ketones is 1. The van der Waals surface area contributed by atoms with Crippen molar-refractivity contribution in [2.45, 2.75) is 25.4 Å². The van der Waals surface area contributed by atoms with E-state index in [9.17, 15) is 9.59 Å². The van der Waals surface area contributed by atoms with Gasteiger partial charge in [0.1, 0.15) is 6.61 Å². The summed E-state index contributed by atoms with van der Waals surface area (Å²) in [4.78, 5) is 32.9. The summed E-state index contributed by atoms with van der Waals surface area (Å²) in [5.41, 5.74) is 3.25. The average Bonchev–Trinajstić information content (AvgIpc) is 3.04. The fourth-order valence-electron chi connectivity index (χ4n) is 3.80. The quantitative estimate of drug-likeness (QED) is 0.558. The van der Waals surface area contributed by atoms with Gasteiger partial charge < -0.3 is 14.4 Å². The first-order chi connectivity index (χ1) is 14.5. The van der Waals surface area contributed by atoms with E-state index in [0.717, 1.165) is 36.1 Å². The van der Waals surface area contributed by atoms with Crippen LogP contribution in [0.4, 0.5) is 10.5 Å². The number of ether oxygens (including phenoxy) is 2. The van der Waals surface area contributed by atoms with Gasteiger partial charge in [0.05, 0.1) is 6.54 Å². The number of aromatic nitrogens is 1. The van der Waals surface area contributed by atoms with Gasteiger partial charge in [-0.05, 0) is 49.1 Å². The zero-order valence-corrected chi connectivity index (χ0v) is 17.2. The highest BCUT2D eigenvalue weighted by Crippen LogP contribution is 2.30. The lowest BCUT2D eigenvalue weighted by Crippen LogP contribution is -2.27. The molecule has 1 aliphatic carbocycles. The van der Waals surface area contributed by atoms with Crippen molar-refractivity contribution < 1.29 is 19.1 Å². The fourth-order valence-corrected chi connectivity index (χ4v) is 3.80. The molecule has 156 valence electrons. The van der Waals surface area contributed by atoms with Crippen molar-refractivity contribution in [2.75, 3.05) is 32.1 Å². The Labute approximate surface area is 175 Å². The zero-order valence-electron chi connectivity index (χ0n) is 17.2. The summed E-state index contributed by atoms with van der Waals surface area (Å²) in [6.07, 6.45) is 5.21. The lowest BCUT2D eigenvalue weighted by molar-refractivity contribution is 0.102. The van der Waals surface area contributed by atoms with Gasteiger partial charge in [-0.3, -0.25) is 9.69 Å². The van der Waals surface area contributed by atoms with Crippen LogP contribution in [0.25, 0.3) is 0 Å². The molecule has 0 N–H and O–H groups in total. The van der Waals surface area contributed by atoms with E-state index in [1.165, 1.54) is 0 Å². The molecule has 2 aliphatic rings. The molecule has 7 heteroatoms. The van der Waals surface area contributed by atoms with E-state index in [0.29, 0.717) is 18.0 Å². The summed E-state index contributed by atoms with van der Waals surface area (Å²) >= 11 is 0. The molecule has 1 saturated heterocycles. The van der Waals surface area contributed by atoms with Crippen LogP contribution in [0.3, 0.4) is 0 Å². The molecule has 4 rings (SSSR count). The van der Waals surface area contributed by atoms with Crippen molar-refractivity contribution >= 4 is 17.6 Å². The van der Waals surface area contributed by atoms with Crippen LogP contribution in [0.5, 0.6) is 5.88 Å². The minimum absolute atomic E-state index is 0.0633. The number of Topliss-reactive ketones (excluding diaryl/α,β-unsaturated/α-hetero) is 1. The number of anilines is 1. The number of rotatable bonds is 5. The van der Waals surface area contributed by atoms with E-state index >= 15 is 0 Å². The predicted octanol–water partition coefficient (Wildman–Crippen LogP) is 3.45. The van der Waals surface area contributed by atoms with Crippen LogP contribution in [0.2, 0.25) is 0 Å². The molecule has 2 heterocycles. The SMILES string of the molecule is CN(C)C=C1CCCc2cc(N3C[C@H](COc4ccccn4)OC3=O)ccc2C1=O. The summed E-state index contributed by atoms with van der Waals surface area (Å²) in [6.45, 7) is 0.631. The first-order valence-electron chi connectivity index (χ1n) is 10.1. The third-order valence-corrected chi connectivity index (χ3v) is 5.17. The van der Waals surface area contributed by atoms with Crippen LogP contribution in [-0.4, -0.2) is 55.1 Å². The van der Waals surface area contributed by atoms with Crippen LogP contribution in [0.15, 0.2) is 54.4 Å². The number of cyclic esters (lactones) is 1. The predicted molar refractivity (Wildman–Crippen MR) is 113 cm³/mol. The molecule has 1 fully saturated rings. The second kappa shape index (κ2) is 8.57. The Morgan fingerprint density at radius 3 is 2.87 bits per heavy atom. The van der Waals surface area contributed by atoms with Crippen LogP contribution < -0.4 is 9.64 Å². The van der Waals surface area contributed by atoms with E-state index in [1.54, 1.807) is 17.2 Å². The number of aryl methyl sites for hydroxylation is 1. The van der Waals surface area contributed by atoms with Gasteiger partial charge in [0.25, 0.3) is 0 Å². The number of nitrogens with zero attached hydrogens (tertiary/aromatic N) is 3. The summed E-state index contributed by atoms with van der Waals surface area (Å²) in [6, 6.07) is 11.0. The summed E-state index contributed by atoms with van der Waals surface area (Å²) < 4.78 is 11.1. The van der Waals surface area contributed by atoms with Crippen LogP contribution >= 0.6 is 0 Å². The number of carbonyl (C=O) groups is 2. The zero-order chi connectivity index (χ0) is 21.1. The normalized spacial score (nSPS) is 20.0. The molecular weight excluding hydrogens is 382 g/mol. The van der Waals surface area contributed by atoms with E-state index in [-0.39, 0.29) is 18.5 Å². The molecule has 1 amide bonds. The van der Waals surface area contributed by atoms with Crippen LogP contribution in [-0.2, 0) is 11.2 Å². The number of carbonyl (C=O) groups excluding carboxylic acids is 2. The molecule has 0 unspecified atom stereocenters. The van der Waals surface area contributed by atoms with Gasteiger partial charge in [-0.1, -0.05) is 6.07 Å². The lowest BCUT2D eigenvalue weighted by atomic mass is 9.99. The maximum absolute atomic E-state index is 12.9. The van der Waals surface area contributed by atoms with Gasteiger partial charge in [0.15, 0.2) is 11.9 Å². The Hall–Kier alpha value is -3.35. The van der Waals surface area contributed by atoms with Gasteiger partial charge in [-0.25, -0.2) is 9.78 Å². The molecule has 0 saturated carbocycles. The van der Waals surface area contributed by atoms with Crippen molar-refractivity contribution in [3.63, 3.8) is 0 Å². The molecule has 0 bridgehead atoms. The molecule has 0 radical (unpaired) electrons. The number of fused-ring (bicyclic) bond motifs is 1. The minimum Gasteiger partial charge on any atom is -0.474 e. The van der Waals surface area contributed by atoms with Gasteiger partial charge >= 0.3 is 6.09 Å². The maximum Gasteiger partial charge on any atom is 0.414 e. The van der Waals surface area contributed by atoms with E-state index in [1.807, 2.05) is 55.5 Å². The van der Waals surface area contributed by atoms with Gasteiger partial charge in [0.2, 0.25) is 5.88 Å². The first-order valence-corrected chi connectivity index (χ1v) is 10.1. The Kier molecular flexibility index (Phi) is 5.70. The average molecular weight is 407 g/mol. The molecular formula is C23H25N3O4. The maximum atomic E-state index is 12.9. The number of amides is 1. The highest BCUT2D eigenvalue weighted by Gasteiger charge is 2.33. The summed E-state index contributed by atoms with van der Waals surface area (Å²) in [7, 11) is 3.84. The number of hydrogen-bond acceptors (Lipinski definition) is 6. The van der Waals surface area contributed by atoms with Crippen molar-refractivity contribution in [1.29, 1.82) is 0 Å². The van der Waals surface area contributed by atoms with E-state index < -0.39 is 6.09 Å². The van der Waals surface area contributed by atoms with Crippen molar-refractivity contribution in [3.05, 3.63) is 65.5 Å². The topological polar surface area (TPSA) is 72.0 Å². The number of hydrogen-bond donors (Lipinski definition) is 0. The molecule has 2 aromatic rings. The largest absolute Gasteiger partial charge is 0.474 e. The van der Waals surface area contributed by atoms with Crippen molar-refractivity contribution in [2.24, 2.45) is 0 Å². The van der Waals surface area contributed by atoms with E-state index in [4.69, 9.17) is 9.47 Å². The molecule has 1 atom stereocenters. The van der Waals surface area contributed by atoms with Crippen LogP contribution in [0, 0.1) is 0 Å². The highest BCUT2D eigenvalue weighted by molar-refractivity contribution is 6.10. The summed E-state index contributed by atoms with van der Waals surface area (Å²) in [5.74, 6) is 0.561. The second-order valence-corrected chi connectivity index (χ2v) is 7.74. The third kappa shape index (κ3) is 4.30. The third-order valence-electron chi connectivity index (χ3n) is 5.17. The van der Waals surface area contributed by atoms with Gasteiger partial charge in [0, 0.05) is 49.4 Å². The van der Waals surface area contributed by atoms with E-state index in [2.05, 4.69) is 4.98 Å². The van der Waals surface area contributed by atoms with Crippen LogP contribution in [0.1, 0.15) is 28.8 Å². The smallest absolute Gasteiger partial charge is 0.414 e. The molecule has 0 spiro atoms. The van der Waals surface area contributed by atoms with Gasteiger partial charge in [-0.15, -0.1) is 0 Å². The molecule has 1 aliphatic heterocycles. The lowest BCUT2D eigenvalue weighted by Gasteiger charge is -2.16. The highest BCUT2D eigenvalue weighted by atomic mass is 16.6. The van der Waals surface area contributed by atoms with Crippen molar-refractivity contribution in [3.8, 4) is 5.88 Å². The Balaban J connectivity index is 1.48. The van der Waals surface area contributed by atoms with Crippen molar-refractivity contribution in [1.82, 2.24) is 9.88 Å².